The highest BCUT2D eigenvalue weighted by Crippen LogP contribution is 2.43. The minimum Gasteiger partial charge on any atom is -0.340 e. The summed E-state index contributed by atoms with van der Waals surface area (Å²) in [5, 5.41) is 3.13. The van der Waals surface area contributed by atoms with Crippen LogP contribution in [-0.4, -0.2) is 34.3 Å². The number of piperazine rings is 1. The van der Waals surface area contributed by atoms with Crippen molar-refractivity contribution in [3.8, 4) is 0 Å². The molecule has 4 nitrogen and oxygen atoms in total. The maximum Gasteiger partial charge on any atom is 0.249 e. The van der Waals surface area contributed by atoms with Gasteiger partial charge in [-0.15, -0.1) is 0 Å². The monoisotopic (exact) mass is 276 g/mol. The van der Waals surface area contributed by atoms with Crippen LogP contribution in [0.5, 0.6) is 0 Å². The molecule has 4 heteroatoms. The average Bonchev–Trinajstić information content (AvgIpc) is 3.08. The highest BCUT2D eigenvalue weighted by molar-refractivity contribution is 6.02. The molecule has 2 aliphatic carbocycles. The quantitative estimate of drug-likeness (QED) is 0.786. The summed E-state index contributed by atoms with van der Waals surface area (Å²) in [5.41, 5.74) is -1.16. The summed E-state index contributed by atoms with van der Waals surface area (Å²) >= 11 is 0. The SMILES string of the molecule is C/C=C/CN1C(=O)C2(CCCC2)NC(=O)C12CCCC2. The van der Waals surface area contributed by atoms with E-state index in [4.69, 9.17) is 0 Å². The predicted molar refractivity (Wildman–Crippen MR) is 77.1 cm³/mol. The number of hydrogen-bond acceptors (Lipinski definition) is 2. The smallest absolute Gasteiger partial charge is 0.249 e. The lowest BCUT2D eigenvalue weighted by molar-refractivity contribution is -0.162. The van der Waals surface area contributed by atoms with Crippen molar-refractivity contribution >= 4 is 11.8 Å². The molecular weight excluding hydrogens is 252 g/mol. The summed E-state index contributed by atoms with van der Waals surface area (Å²) in [6.07, 6.45) is 11.4. The predicted octanol–water partition coefficient (Wildman–Crippen LogP) is 2.15. The van der Waals surface area contributed by atoms with Crippen molar-refractivity contribution in [3.63, 3.8) is 0 Å². The molecule has 1 heterocycles. The van der Waals surface area contributed by atoms with Gasteiger partial charge in [0, 0.05) is 6.54 Å². The normalized spacial score (nSPS) is 27.9. The number of rotatable bonds is 2. The Bertz CT molecular complexity index is 443. The first kappa shape index (κ1) is 13.7. The maximum absolute atomic E-state index is 13.0. The second-order valence-electron chi connectivity index (χ2n) is 6.47. The van der Waals surface area contributed by atoms with Crippen molar-refractivity contribution in [3.05, 3.63) is 12.2 Å². The Morgan fingerprint density at radius 3 is 2.30 bits per heavy atom. The zero-order valence-electron chi connectivity index (χ0n) is 12.3. The van der Waals surface area contributed by atoms with Crippen molar-refractivity contribution in [2.45, 2.75) is 69.4 Å². The topological polar surface area (TPSA) is 49.4 Å². The number of carbonyl (C=O) groups excluding carboxylic acids is 2. The number of hydrogen-bond donors (Lipinski definition) is 1. The molecule has 2 saturated carbocycles. The highest BCUT2D eigenvalue weighted by Gasteiger charge is 2.59. The molecule has 0 atom stereocenters. The second-order valence-corrected chi connectivity index (χ2v) is 6.47. The first-order valence-corrected chi connectivity index (χ1v) is 7.90. The Morgan fingerprint density at radius 2 is 1.70 bits per heavy atom. The zero-order chi connectivity index (χ0) is 14.2. The van der Waals surface area contributed by atoms with Crippen molar-refractivity contribution in [1.29, 1.82) is 0 Å². The van der Waals surface area contributed by atoms with Crippen molar-refractivity contribution < 1.29 is 9.59 Å². The van der Waals surface area contributed by atoms with Crippen LogP contribution in [0, 0.1) is 0 Å². The number of allylic oxidation sites excluding steroid dienone is 1. The largest absolute Gasteiger partial charge is 0.340 e. The number of carbonyl (C=O) groups is 2. The van der Waals surface area contributed by atoms with E-state index >= 15 is 0 Å². The van der Waals surface area contributed by atoms with Gasteiger partial charge >= 0.3 is 0 Å². The van der Waals surface area contributed by atoms with Gasteiger partial charge in [0.25, 0.3) is 0 Å². The fourth-order valence-corrected chi connectivity index (χ4v) is 4.21. The molecule has 2 amide bonds. The standard InChI is InChI=1S/C16H24N2O2/c1-2-3-12-18-14(20)15(8-4-5-9-15)17-13(19)16(18)10-6-7-11-16/h2-3H,4-12H2,1H3,(H,17,19)/b3-2+. The molecular formula is C16H24N2O2. The van der Waals surface area contributed by atoms with Crippen molar-refractivity contribution in [1.82, 2.24) is 10.2 Å². The van der Waals surface area contributed by atoms with Crippen LogP contribution in [0.4, 0.5) is 0 Å². The summed E-state index contributed by atoms with van der Waals surface area (Å²) in [6, 6.07) is 0. The minimum atomic E-state index is -0.591. The van der Waals surface area contributed by atoms with Crippen LogP contribution in [0.25, 0.3) is 0 Å². The van der Waals surface area contributed by atoms with E-state index < -0.39 is 11.1 Å². The third-order valence-corrected chi connectivity index (χ3v) is 5.36. The Balaban J connectivity index is 1.96. The fraction of sp³-hybridized carbons (Fsp3) is 0.750. The average molecular weight is 276 g/mol. The third kappa shape index (κ3) is 1.80. The minimum absolute atomic E-state index is 0.0982. The van der Waals surface area contributed by atoms with Crippen LogP contribution < -0.4 is 5.32 Å². The molecule has 0 aromatic rings. The molecule has 20 heavy (non-hydrogen) atoms. The van der Waals surface area contributed by atoms with Crippen molar-refractivity contribution in [2.75, 3.05) is 6.54 Å². The van der Waals surface area contributed by atoms with E-state index in [0.717, 1.165) is 51.4 Å². The molecule has 3 rings (SSSR count). The van der Waals surface area contributed by atoms with E-state index in [2.05, 4.69) is 5.32 Å². The van der Waals surface area contributed by atoms with Crippen LogP contribution in [-0.2, 0) is 9.59 Å². The molecule has 0 aromatic heterocycles. The van der Waals surface area contributed by atoms with Gasteiger partial charge in [0.05, 0.1) is 0 Å². The van der Waals surface area contributed by atoms with Gasteiger partial charge in [0.2, 0.25) is 11.8 Å². The van der Waals surface area contributed by atoms with E-state index in [-0.39, 0.29) is 11.8 Å². The lowest BCUT2D eigenvalue weighted by Gasteiger charge is -2.50. The number of nitrogens with one attached hydrogen (secondary N) is 1. The molecule has 0 bridgehead atoms. The third-order valence-electron chi connectivity index (χ3n) is 5.36. The molecule has 1 aliphatic heterocycles. The summed E-state index contributed by atoms with van der Waals surface area (Å²) in [5.74, 6) is 0.260. The Hall–Kier alpha value is -1.32. The van der Waals surface area contributed by atoms with E-state index in [1.54, 1.807) is 0 Å². The maximum atomic E-state index is 13.0. The molecule has 1 saturated heterocycles. The number of nitrogens with zero attached hydrogens (tertiary/aromatic N) is 1. The van der Waals surface area contributed by atoms with Crippen LogP contribution in [0.3, 0.4) is 0 Å². The molecule has 0 unspecified atom stereocenters. The molecule has 110 valence electrons. The lowest BCUT2D eigenvalue weighted by atomic mass is 9.83. The van der Waals surface area contributed by atoms with Crippen LogP contribution in [0.15, 0.2) is 12.2 Å². The molecule has 0 radical (unpaired) electrons. The second kappa shape index (κ2) is 4.90. The Labute approximate surface area is 120 Å². The van der Waals surface area contributed by atoms with Gasteiger partial charge in [-0.3, -0.25) is 9.59 Å². The van der Waals surface area contributed by atoms with Crippen LogP contribution >= 0.6 is 0 Å². The van der Waals surface area contributed by atoms with Gasteiger partial charge in [0.1, 0.15) is 11.1 Å². The summed E-state index contributed by atoms with van der Waals surface area (Å²) in [7, 11) is 0. The van der Waals surface area contributed by atoms with Gasteiger partial charge in [-0.25, -0.2) is 0 Å². The number of amides is 2. The van der Waals surface area contributed by atoms with Crippen LogP contribution in [0.2, 0.25) is 0 Å². The summed E-state index contributed by atoms with van der Waals surface area (Å²) in [4.78, 5) is 27.7. The summed E-state index contributed by atoms with van der Waals surface area (Å²) < 4.78 is 0. The van der Waals surface area contributed by atoms with E-state index in [0.29, 0.717) is 6.54 Å². The van der Waals surface area contributed by atoms with Crippen LogP contribution in [0.1, 0.15) is 58.3 Å². The van der Waals surface area contributed by atoms with E-state index in [1.807, 2.05) is 24.0 Å². The lowest BCUT2D eigenvalue weighted by Crippen LogP contribution is -2.74. The van der Waals surface area contributed by atoms with Gasteiger partial charge < -0.3 is 10.2 Å². The van der Waals surface area contributed by atoms with E-state index in [1.165, 1.54) is 0 Å². The first-order valence-electron chi connectivity index (χ1n) is 7.90. The van der Waals surface area contributed by atoms with E-state index in [9.17, 15) is 9.59 Å². The van der Waals surface area contributed by atoms with Gasteiger partial charge in [-0.05, 0) is 32.6 Å². The molecule has 1 N–H and O–H groups in total. The zero-order valence-corrected chi connectivity index (χ0v) is 12.3. The molecule has 2 spiro atoms. The van der Waals surface area contributed by atoms with Crippen molar-refractivity contribution in [2.24, 2.45) is 0 Å². The Morgan fingerprint density at radius 1 is 1.10 bits per heavy atom. The molecule has 3 fully saturated rings. The Kier molecular flexibility index (Phi) is 3.35. The van der Waals surface area contributed by atoms with Gasteiger partial charge in [0.15, 0.2) is 0 Å². The van der Waals surface area contributed by atoms with Gasteiger partial charge in [-0.1, -0.05) is 37.8 Å². The first-order chi connectivity index (χ1) is 9.65. The summed E-state index contributed by atoms with van der Waals surface area (Å²) in [6.45, 7) is 2.53. The molecule has 3 aliphatic rings. The fourth-order valence-electron chi connectivity index (χ4n) is 4.21. The molecule has 0 aromatic carbocycles. The van der Waals surface area contributed by atoms with Gasteiger partial charge in [-0.2, -0.15) is 0 Å². The highest BCUT2D eigenvalue weighted by atomic mass is 16.2.